The Labute approximate surface area is 113 Å². The highest BCUT2D eigenvalue weighted by Crippen LogP contribution is 2.11. The van der Waals surface area contributed by atoms with Gasteiger partial charge in [0.2, 0.25) is 5.95 Å². The summed E-state index contributed by atoms with van der Waals surface area (Å²) in [4.78, 5) is 20.1. The zero-order valence-electron chi connectivity index (χ0n) is 11.4. The van der Waals surface area contributed by atoms with Gasteiger partial charge in [0.25, 0.3) is 0 Å². The van der Waals surface area contributed by atoms with Crippen LogP contribution < -0.4 is 10.6 Å². The highest BCUT2D eigenvalue weighted by molar-refractivity contribution is 5.90. The molecule has 0 aromatic carbocycles. The number of nitrogens with one attached hydrogen (secondary N) is 2. The molecule has 0 bridgehead atoms. The summed E-state index contributed by atoms with van der Waals surface area (Å²) in [5.74, 6) is 0.817. The van der Waals surface area contributed by atoms with E-state index in [2.05, 4.69) is 20.6 Å². The van der Waals surface area contributed by atoms with Gasteiger partial charge in [-0.25, -0.2) is 14.8 Å². The first-order valence-corrected chi connectivity index (χ1v) is 6.66. The lowest BCUT2D eigenvalue weighted by Gasteiger charge is -2.11. The third kappa shape index (κ3) is 3.64. The lowest BCUT2D eigenvalue weighted by molar-refractivity contribution is 0.0524. The molecule has 6 nitrogen and oxygen atoms in total. The Kier molecular flexibility index (Phi) is 4.68. The van der Waals surface area contributed by atoms with Crippen molar-refractivity contribution < 1.29 is 9.53 Å². The number of carbonyl (C=O) groups excluding carboxylic acids is 1. The Hall–Kier alpha value is -1.69. The second-order valence-corrected chi connectivity index (χ2v) is 4.65. The molecule has 1 aromatic rings. The van der Waals surface area contributed by atoms with Crippen molar-refractivity contribution in [1.29, 1.82) is 0 Å². The van der Waals surface area contributed by atoms with Crippen LogP contribution in [0.5, 0.6) is 0 Å². The van der Waals surface area contributed by atoms with Gasteiger partial charge in [0.1, 0.15) is 0 Å². The van der Waals surface area contributed by atoms with Crippen LogP contribution in [0.25, 0.3) is 0 Å². The molecule has 2 heterocycles. The first kappa shape index (κ1) is 13.7. The fourth-order valence-corrected chi connectivity index (χ4v) is 2.09. The second kappa shape index (κ2) is 6.47. The third-order valence-electron chi connectivity index (χ3n) is 3.19. The quantitative estimate of drug-likeness (QED) is 0.772. The van der Waals surface area contributed by atoms with Crippen LogP contribution in [0.1, 0.15) is 29.4 Å². The molecule has 2 N–H and O–H groups in total. The van der Waals surface area contributed by atoms with Crippen LogP contribution in [0, 0.1) is 12.8 Å². The van der Waals surface area contributed by atoms with E-state index in [-0.39, 0.29) is 5.97 Å². The number of ether oxygens (including phenoxy) is 1. The van der Waals surface area contributed by atoms with E-state index in [4.69, 9.17) is 4.74 Å². The maximum atomic E-state index is 11.6. The van der Waals surface area contributed by atoms with Crippen LogP contribution in [-0.2, 0) is 4.74 Å². The summed E-state index contributed by atoms with van der Waals surface area (Å²) >= 11 is 0. The normalized spacial score (nSPS) is 18.3. The Bertz CT molecular complexity index is 444. The first-order chi connectivity index (χ1) is 9.20. The molecule has 1 aromatic heterocycles. The molecule has 1 aliphatic heterocycles. The average molecular weight is 264 g/mol. The van der Waals surface area contributed by atoms with Gasteiger partial charge in [-0.3, -0.25) is 0 Å². The maximum absolute atomic E-state index is 11.6. The van der Waals surface area contributed by atoms with Gasteiger partial charge >= 0.3 is 5.97 Å². The zero-order chi connectivity index (χ0) is 13.7. The predicted octanol–water partition coefficient (Wildman–Crippen LogP) is 0.983. The van der Waals surface area contributed by atoms with E-state index >= 15 is 0 Å². The van der Waals surface area contributed by atoms with Crippen LogP contribution in [0.3, 0.4) is 0 Å². The van der Waals surface area contributed by atoms with Crippen LogP contribution in [0.4, 0.5) is 5.95 Å². The average Bonchev–Trinajstić information content (AvgIpc) is 2.89. The number of hydrogen-bond acceptors (Lipinski definition) is 6. The van der Waals surface area contributed by atoms with Gasteiger partial charge in [0, 0.05) is 12.7 Å². The summed E-state index contributed by atoms with van der Waals surface area (Å²) in [6.45, 7) is 6.88. The lowest BCUT2D eigenvalue weighted by Crippen LogP contribution is -2.19. The largest absolute Gasteiger partial charge is 0.462 e. The van der Waals surface area contributed by atoms with Gasteiger partial charge in [-0.15, -0.1) is 0 Å². The summed E-state index contributed by atoms with van der Waals surface area (Å²) in [6.07, 6.45) is 2.70. The summed E-state index contributed by atoms with van der Waals surface area (Å²) in [5, 5.41) is 6.53. The van der Waals surface area contributed by atoms with Crippen molar-refractivity contribution in [2.75, 3.05) is 31.6 Å². The Morgan fingerprint density at radius 2 is 2.47 bits per heavy atom. The number of esters is 1. The summed E-state index contributed by atoms with van der Waals surface area (Å²) in [7, 11) is 0. The monoisotopic (exact) mass is 264 g/mol. The van der Waals surface area contributed by atoms with Crippen molar-refractivity contribution in [1.82, 2.24) is 15.3 Å². The van der Waals surface area contributed by atoms with Crippen molar-refractivity contribution in [2.24, 2.45) is 5.92 Å². The molecule has 0 amide bonds. The molecule has 19 heavy (non-hydrogen) atoms. The molecule has 0 spiro atoms. The van der Waals surface area contributed by atoms with Gasteiger partial charge in [-0.2, -0.15) is 0 Å². The van der Waals surface area contributed by atoms with E-state index in [0.29, 0.717) is 29.7 Å². The number of nitrogens with zero attached hydrogens (tertiary/aromatic N) is 2. The molecule has 0 aliphatic carbocycles. The molecule has 1 atom stereocenters. The Balaban J connectivity index is 1.95. The summed E-state index contributed by atoms with van der Waals surface area (Å²) in [5.41, 5.74) is 1.07. The predicted molar refractivity (Wildman–Crippen MR) is 72.2 cm³/mol. The molecular weight excluding hydrogens is 244 g/mol. The summed E-state index contributed by atoms with van der Waals surface area (Å²) in [6, 6.07) is 0. The first-order valence-electron chi connectivity index (χ1n) is 6.66. The van der Waals surface area contributed by atoms with Crippen LogP contribution in [0.15, 0.2) is 6.20 Å². The van der Waals surface area contributed by atoms with E-state index in [9.17, 15) is 4.79 Å². The molecule has 2 rings (SSSR count). The minimum absolute atomic E-state index is 0.354. The highest BCUT2D eigenvalue weighted by atomic mass is 16.5. The summed E-state index contributed by atoms with van der Waals surface area (Å²) < 4.78 is 4.94. The number of rotatable bonds is 5. The van der Waals surface area contributed by atoms with Crippen LogP contribution in [-0.4, -0.2) is 42.2 Å². The van der Waals surface area contributed by atoms with Crippen LogP contribution in [0.2, 0.25) is 0 Å². The minimum atomic E-state index is -0.369. The van der Waals surface area contributed by atoms with E-state index < -0.39 is 0 Å². The van der Waals surface area contributed by atoms with Crippen molar-refractivity contribution >= 4 is 11.9 Å². The molecule has 1 aliphatic rings. The topological polar surface area (TPSA) is 76.1 Å². The van der Waals surface area contributed by atoms with E-state index in [0.717, 1.165) is 19.6 Å². The SMILES string of the molecule is CCOC(=O)c1cnc(NCC2CCNC2)nc1C. The number of anilines is 1. The van der Waals surface area contributed by atoms with Crippen molar-refractivity contribution in [3.8, 4) is 0 Å². The molecule has 1 fully saturated rings. The minimum Gasteiger partial charge on any atom is -0.462 e. The van der Waals surface area contributed by atoms with Gasteiger partial charge < -0.3 is 15.4 Å². The van der Waals surface area contributed by atoms with Gasteiger partial charge in [-0.1, -0.05) is 0 Å². The Morgan fingerprint density at radius 3 is 3.11 bits per heavy atom. The smallest absolute Gasteiger partial charge is 0.341 e. The molecule has 1 saturated heterocycles. The van der Waals surface area contributed by atoms with Crippen molar-refractivity contribution in [3.63, 3.8) is 0 Å². The molecule has 1 unspecified atom stereocenters. The second-order valence-electron chi connectivity index (χ2n) is 4.65. The highest BCUT2D eigenvalue weighted by Gasteiger charge is 2.16. The van der Waals surface area contributed by atoms with E-state index in [1.54, 1.807) is 13.8 Å². The van der Waals surface area contributed by atoms with Crippen molar-refractivity contribution in [3.05, 3.63) is 17.5 Å². The van der Waals surface area contributed by atoms with Gasteiger partial charge in [0.15, 0.2) is 0 Å². The Morgan fingerprint density at radius 1 is 1.63 bits per heavy atom. The van der Waals surface area contributed by atoms with E-state index in [1.165, 1.54) is 12.6 Å². The maximum Gasteiger partial charge on any atom is 0.341 e. The standard InChI is InChI=1S/C13H20N4O2/c1-3-19-12(18)11-8-16-13(17-9(11)2)15-7-10-4-5-14-6-10/h8,10,14H,3-7H2,1-2H3,(H,15,16,17). The zero-order valence-corrected chi connectivity index (χ0v) is 11.4. The van der Waals surface area contributed by atoms with Gasteiger partial charge in [0.05, 0.1) is 17.9 Å². The van der Waals surface area contributed by atoms with Crippen molar-refractivity contribution in [2.45, 2.75) is 20.3 Å². The number of carbonyl (C=O) groups is 1. The number of aromatic nitrogens is 2. The number of aryl methyl sites for hydroxylation is 1. The van der Waals surface area contributed by atoms with Gasteiger partial charge in [-0.05, 0) is 39.3 Å². The fraction of sp³-hybridized carbons (Fsp3) is 0.615. The number of hydrogen-bond donors (Lipinski definition) is 2. The fourth-order valence-electron chi connectivity index (χ4n) is 2.09. The van der Waals surface area contributed by atoms with E-state index in [1.807, 2.05) is 0 Å². The molecule has 0 radical (unpaired) electrons. The van der Waals surface area contributed by atoms with Crippen LogP contribution >= 0.6 is 0 Å². The molecule has 6 heteroatoms. The lowest BCUT2D eigenvalue weighted by atomic mass is 10.1. The molecular formula is C13H20N4O2. The molecule has 104 valence electrons. The third-order valence-corrected chi connectivity index (χ3v) is 3.19. The molecule has 0 saturated carbocycles.